The molecule has 1 aliphatic heterocycles. The molecule has 4 heteroatoms. The van der Waals surface area contributed by atoms with Crippen LogP contribution in [0.5, 0.6) is 5.75 Å². The van der Waals surface area contributed by atoms with E-state index in [0.717, 1.165) is 24.6 Å². The molecule has 1 aromatic carbocycles. The van der Waals surface area contributed by atoms with Crippen LogP contribution in [0.2, 0.25) is 0 Å². The Balaban J connectivity index is 2.31. The van der Waals surface area contributed by atoms with E-state index in [1.54, 1.807) is 7.11 Å². The van der Waals surface area contributed by atoms with Crippen LogP contribution in [0.15, 0.2) is 24.3 Å². The van der Waals surface area contributed by atoms with Crippen LogP contribution in [0.1, 0.15) is 32.4 Å². The largest absolute Gasteiger partial charge is 0.496 e. The summed E-state index contributed by atoms with van der Waals surface area (Å²) in [6.45, 7) is 8.85. The summed E-state index contributed by atoms with van der Waals surface area (Å²) in [6, 6.07) is 8.53. The molecule has 20 heavy (non-hydrogen) atoms. The van der Waals surface area contributed by atoms with Gasteiger partial charge >= 0.3 is 0 Å². The summed E-state index contributed by atoms with van der Waals surface area (Å²) in [6.07, 6.45) is 0. The number of para-hydroxylation sites is 1. The number of nitrogens with two attached hydrogens (primary N) is 1. The lowest BCUT2D eigenvalue weighted by atomic mass is 9.96. The molecule has 0 radical (unpaired) electrons. The van der Waals surface area contributed by atoms with Crippen LogP contribution in [0.25, 0.3) is 0 Å². The van der Waals surface area contributed by atoms with Gasteiger partial charge in [0.2, 0.25) is 0 Å². The van der Waals surface area contributed by atoms with Crippen molar-refractivity contribution >= 4 is 11.8 Å². The van der Waals surface area contributed by atoms with Crippen molar-refractivity contribution < 1.29 is 4.74 Å². The predicted octanol–water partition coefficient (Wildman–Crippen LogP) is 2.91. The van der Waals surface area contributed by atoms with E-state index in [0.29, 0.717) is 0 Å². The maximum Gasteiger partial charge on any atom is 0.123 e. The highest BCUT2D eigenvalue weighted by molar-refractivity contribution is 8.00. The number of benzene rings is 1. The van der Waals surface area contributed by atoms with E-state index in [9.17, 15) is 0 Å². The Bertz CT molecular complexity index is 448. The van der Waals surface area contributed by atoms with Crippen LogP contribution in [0.4, 0.5) is 0 Å². The predicted molar refractivity (Wildman–Crippen MR) is 87.5 cm³/mol. The van der Waals surface area contributed by atoms with Gasteiger partial charge in [-0.3, -0.25) is 4.90 Å². The lowest BCUT2D eigenvalue weighted by Gasteiger charge is -2.43. The maximum atomic E-state index is 6.31. The molecule has 2 N–H and O–H groups in total. The Hall–Kier alpha value is -0.710. The fourth-order valence-corrected chi connectivity index (χ4v) is 4.15. The first-order valence-corrected chi connectivity index (χ1v) is 8.20. The third-order valence-electron chi connectivity index (χ3n) is 3.80. The summed E-state index contributed by atoms with van der Waals surface area (Å²) in [5.41, 5.74) is 7.51. The molecule has 1 aliphatic rings. The summed E-state index contributed by atoms with van der Waals surface area (Å²) < 4.78 is 5.82. The highest BCUT2D eigenvalue weighted by atomic mass is 32.2. The van der Waals surface area contributed by atoms with E-state index >= 15 is 0 Å². The Kier molecular flexibility index (Phi) is 4.99. The molecule has 1 aromatic rings. The van der Waals surface area contributed by atoms with E-state index < -0.39 is 0 Å². The minimum atomic E-state index is 0.0743. The molecule has 0 amide bonds. The minimum Gasteiger partial charge on any atom is -0.496 e. The van der Waals surface area contributed by atoms with Gasteiger partial charge in [0, 0.05) is 35.2 Å². The molecule has 1 saturated heterocycles. The molecule has 1 heterocycles. The molecule has 0 aromatic heterocycles. The topological polar surface area (TPSA) is 38.5 Å². The van der Waals surface area contributed by atoms with Gasteiger partial charge < -0.3 is 10.5 Å². The van der Waals surface area contributed by atoms with E-state index in [1.807, 2.05) is 23.9 Å². The Morgan fingerprint density at radius 1 is 1.35 bits per heavy atom. The van der Waals surface area contributed by atoms with Gasteiger partial charge in [0.05, 0.1) is 13.2 Å². The van der Waals surface area contributed by atoms with Gasteiger partial charge in [-0.15, -0.1) is 0 Å². The number of methoxy groups -OCH3 is 1. The van der Waals surface area contributed by atoms with Crippen molar-refractivity contribution in [1.82, 2.24) is 4.90 Å². The zero-order valence-corrected chi connectivity index (χ0v) is 13.7. The number of rotatable bonds is 4. The summed E-state index contributed by atoms with van der Waals surface area (Å²) in [4.78, 5) is 2.51. The van der Waals surface area contributed by atoms with Crippen LogP contribution < -0.4 is 10.5 Å². The van der Waals surface area contributed by atoms with E-state index in [1.165, 1.54) is 5.56 Å². The van der Waals surface area contributed by atoms with Crippen LogP contribution in [0.3, 0.4) is 0 Å². The second kappa shape index (κ2) is 6.37. The van der Waals surface area contributed by atoms with Crippen molar-refractivity contribution in [2.24, 2.45) is 5.73 Å². The molecule has 3 nitrogen and oxygen atoms in total. The smallest absolute Gasteiger partial charge is 0.123 e. The zero-order chi connectivity index (χ0) is 14.8. The van der Waals surface area contributed by atoms with Crippen molar-refractivity contribution in [1.29, 1.82) is 0 Å². The lowest BCUT2D eigenvalue weighted by Crippen LogP contribution is -2.49. The van der Waals surface area contributed by atoms with Crippen molar-refractivity contribution in [3.05, 3.63) is 29.8 Å². The van der Waals surface area contributed by atoms with Crippen molar-refractivity contribution in [3.63, 3.8) is 0 Å². The van der Waals surface area contributed by atoms with Crippen molar-refractivity contribution in [2.75, 3.05) is 26.0 Å². The summed E-state index contributed by atoms with van der Waals surface area (Å²) in [5.74, 6) is 2.09. The number of ether oxygens (including phenoxy) is 1. The zero-order valence-electron chi connectivity index (χ0n) is 12.9. The molecule has 0 saturated carbocycles. The van der Waals surface area contributed by atoms with Crippen LogP contribution in [0, 0.1) is 0 Å². The fraction of sp³-hybridized carbons (Fsp3) is 0.625. The van der Waals surface area contributed by atoms with Crippen LogP contribution >= 0.6 is 11.8 Å². The van der Waals surface area contributed by atoms with E-state index in [2.05, 4.69) is 37.8 Å². The number of nitrogens with zero attached hydrogens (tertiary/aromatic N) is 1. The average Bonchev–Trinajstić information content (AvgIpc) is 2.38. The summed E-state index contributed by atoms with van der Waals surface area (Å²) in [5, 5.41) is 0. The third kappa shape index (κ3) is 3.48. The Morgan fingerprint density at radius 2 is 2.05 bits per heavy atom. The quantitative estimate of drug-likeness (QED) is 0.926. The van der Waals surface area contributed by atoms with Crippen LogP contribution in [-0.4, -0.2) is 41.6 Å². The number of thioether (sulfide) groups is 1. The third-order valence-corrected chi connectivity index (χ3v) is 5.10. The lowest BCUT2D eigenvalue weighted by molar-refractivity contribution is 0.165. The molecule has 0 aliphatic carbocycles. The standard InChI is InChI=1S/C16H26N2OS/c1-12(17)15(13-7-5-6-8-14(13)19-4)18-9-10-20-16(2,3)11-18/h5-8,12,15H,9-11,17H2,1-4H3. The van der Waals surface area contributed by atoms with Crippen molar-refractivity contribution in [2.45, 2.75) is 37.6 Å². The highest BCUT2D eigenvalue weighted by Gasteiger charge is 2.34. The fourth-order valence-electron chi connectivity index (χ4n) is 3.01. The maximum absolute atomic E-state index is 6.31. The van der Waals surface area contributed by atoms with E-state index in [-0.39, 0.29) is 16.8 Å². The van der Waals surface area contributed by atoms with Gasteiger partial charge in [0.1, 0.15) is 5.75 Å². The second-order valence-electron chi connectivity index (χ2n) is 6.12. The summed E-state index contributed by atoms with van der Waals surface area (Å²) >= 11 is 2.04. The molecule has 2 rings (SSSR count). The Labute approximate surface area is 126 Å². The van der Waals surface area contributed by atoms with Gasteiger partial charge in [-0.2, -0.15) is 11.8 Å². The molecular formula is C16H26N2OS. The van der Waals surface area contributed by atoms with E-state index in [4.69, 9.17) is 10.5 Å². The number of hydrogen-bond acceptors (Lipinski definition) is 4. The molecule has 0 spiro atoms. The number of hydrogen-bond donors (Lipinski definition) is 1. The van der Waals surface area contributed by atoms with Gasteiger partial charge in [-0.25, -0.2) is 0 Å². The first-order valence-electron chi connectivity index (χ1n) is 7.21. The highest BCUT2D eigenvalue weighted by Crippen LogP contribution is 2.37. The molecule has 2 unspecified atom stereocenters. The average molecular weight is 294 g/mol. The molecule has 2 atom stereocenters. The molecule has 0 bridgehead atoms. The first-order chi connectivity index (χ1) is 9.44. The van der Waals surface area contributed by atoms with Gasteiger partial charge in [0.15, 0.2) is 0 Å². The van der Waals surface area contributed by atoms with Gasteiger partial charge in [0.25, 0.3) is 0 Å². The first kappa shape index (κ1) is 15.7. The Morgan fingerprint density at radius 3 is 2.65 bits per heavy atom. The normalized spacial score (nSPS) is 22.2. The molecule has 1 fully saturated rings. The monoisotopic (exact) mass is 294 g/mol. The van der Waals surface area contributed by atoms with Crippen molar-refractivity contribution in [3.8, 4) is 5.75 Å². The molecule has 112 valence electrons. The van der Waals surface area contributed by atoms with Gasteiger partial charge in [-0.05, 0) is 26.8 Å². The molecular weight excluding hydrogens is 268 g/mol. The van der Waals surface area contributed by atoms with Crippen LogP contribution in [-0.2, 0) is 0 Å². The summed E-state index contributed by atoms with van der Waals surface area (Å²) in [7, 11) is 1.73. The minimum absolute atomic E-state index is 0.0743. The second-order valence-corrected chi connectivity index (χ2v) is 7.93. The van der Waals surface area contributed by atoms with Gasteiger partial charge in [-0.1, -0.05) is 18.2 Å². The SMILES string of the molecule is COc1ccccc1C(C(C)N)N1CCSC(C)(C)C1.